The van der Waals surface area contributed by atoms with Gasteiger partial charge in [0.05, 0.1) is 12.0 Å². The molecule has 2 aliphatic rings. The molecule has 2 aromatic rings. The average molecular weight is 443 g/mol. The number of ketones is 1. The van der Waals surface area contributed by atoms with E-state index in [1.165, 1.54) is 0 Å². The zero-order chi connectivity index (χ0) is 20.1. The number of carbonyl (C=O) groups excluding carboxylic acids is 3. The van der Waals surface area contributed by atoms with Gasteiger partial charge in [-0.25, -0.2) is 0 Å². The molecule has 144 valence electrons. The Hall–Kier alpha value is -2.47. The van der Waals surface area contributed by atoms with Crippen molar-refractivity contribution in [2.45, 2.75) is 26.2 Å². The maximum Gasteiger partial charge on any atom is 0.330 e. The van der Waals surface area contributed by atoms with Crippen LogP contribution in [0.25, 0.3) is 0 Å². The molecule has 28 heavy (non-hydrogen) atoms. The van der Waals surface area contributed by atoms with Gasteiger partial charge in [-0.15, -0.1) is 0 Å². The molecule has 4 rings (SSSR count). The highest BCUT2D eigenvalue weighted by Crippen LogP contribution is 2.80. The molecule has 2 aromatic carbocycles. The number of hydrogen-bond acceptors (Lipinski definition) is 5. The van der Waals surface area contributed by atoms with Gasteiger partial charge in [0.25, 0.3) is 0 Å². The number of esters is 2. The predicted octanol–water partition coefficient (Wildman–Crippen LogP) is 4.29. The molecule has 5 nitrogen and oxygen atoms in total. The van der Waals surface area contributed by atoms with E-state index in [1.807, 2.05) is 19.1 Å². The molecule has 3 unspecified atom stereocenters. The highest BCUT2D eigenvalue weighted by molar-refractivity contribution is 9.10. The number of halogens is 1. The van der Waals surface area contributed by atoms with Gasteiger partial charge in [-0.05, 0) is 31.5 Å². The van der Waals surface area contributed by atoms with Gasteiger partial charge in [-0.2, -0.15) is 0 Å². The van der Waals surface area contributed by atoms with Crippen molar-refractivity contribution in [3.63, 3.8) is 0 Å². The number of rotatable bonds is 5. The highest BCUT2D eigenvalue weighted by atomic mass is 79.9. The van der Waals surface area contributed by atoms with Crippen LogP contribution in [-0.2, 0) is 14.3 Å². The standard InChI is InChI=1S/C22H19BrO5/c1-3-21(18(24)13-8-6-5-7-9-13)17-15-12-14(23)10-11-16(15)28-20(26)22(17,21)19(25)27-4-2/h5-12,17H,3-4H2,1-2H3. The summed E-state index contributed by atoms with van der Waals surface area (Å²) >= 11 is 3.44. The van der Waals surface area contributed by atoms with E-state index in [9.17, 15) is 14.4 Å². The van der Waals surface area contributed by atoms with Gasteiger partial charge < -0.3 is 9.47 Å². The van der Waals surface area contributed by atoms with Crippen LogP contribution < -0.4 is 4.74 Å². The fourth-order valence-electron chi connectivity index (χ4n) is 4.78. The van der Waals surface area contributed by atoms with Crippen LogP contribution >= 0.6 is 15.9 Å². The van der Waals surface area contributed by atoms with Crippen molar-refractivity contribution in [2.75, 3.05) is 6.61 Å². The van der Waals surface area contributed by atoms with Crippen molar-refractivity contribution >= 4 is 33.7 Å². The number of ether oxygens (including phenoxy) is 2. The summed E-state index contributed by atoms with van der Waals surface area (Å²) in [6.07, 6.45) is 0.311. The molecular formula is C22H19BrO5. The van der Waals surface area contributed by atoms with Crippen molar-refractivity contribution in [1.29, 1.82) is 0 Å². The normalized spacial score (nSPS) is 27.2. The summed E-state index contributed by atoms with van der Waals surface area (Å²) in [5.74, 6) is -1.88. The van der Waals surface area contributed by atoms with E-state index >= 15 is 0 Å². The van der Waals surface area contributed by atoms with Gasteiger partial charge >= 0.3 is 11.9 Å². The zero-order valence-electron chi connectivity index (χ0n) is 15.5. The molecular weight excluding hydrogens is 424 g/mol. The van der Waals surface area contributed by atoms with Crippen LogP contribution in [0.15, 0.2) is 53.0 Å². The van der Waals surface area contributed by atoms with Crippen LogP contribution in [0.4, 0.5) is 0 Å². The monoisotopic (exact) mass is 442 g/mol. The lowest BCUT2D eigenvalue weighted by Crippen LogP contribution is -2.40. The zero-order valence-corrected chi connectivity index (χ0v) is 17.1. The summed E-state index contributed by atoms with van der Waals surface area (Å²) in [6.45, 7) is 3.62. The lowest BCUT2D eigenvalue weighted by Gasteiger charge is -2.22. The second kappa shape index (κ2) is 6.55. The molecule has 0 spiro atoms. The molecule has 1 aliphatic heterocycles. The summed E-state index contributed by atoms with van der Waals surface area (Å²) in [7, 11) is 0. The van der Waals surface area contributed by atoms with Gasteiger partial charge in [-0.3, -0.25) is 14.4 Å². The number of carbonyl (C=O) groups is 3. The average Bonchev–Trinajstić information content (AvgIpc) is 3.36. The van der Waals surface area contributed by atoms with E-state index < -0.39 is 28.7 Å². The van der Waals surface area contributed by atoms with Gasteiger partial charge in [0, 0.05) is 21.5 Å². The van der Waals surface area contributed by atoms with Crippen molar-refractivity contribution in [1.82, 2.24) is 0 Å². The van der Waals surface area contributed by atoms with Crippen LogP contribution in [0.3, 0.4) is 0 Å². The van der Waals surface area contributed by atoms with Gasteiger partial charge in [0.1, 0.15) is 5.75 Å². The third-order valence-electron chi connectivity index (χ3n) is 5.95. The van der Waals surface area contributed by atoms with Crippen LogP contribution in [0.1, 0.15) is 42.1 Å². The number of Topliss-reactive ketones (excluding diaryl/α,β-unsaturated/α-hetero) is 1. The molecule has 0 N–H and O–H groups in total. The minimum atomic E-state index is -1.65. The van der Waals surface area contributed by atoms with Gasteiger partial charge in [0.2, 0.25) is 0 Å². The van der Waals surface area contributed by atoms with E-state index in [2.05, 4.69) is 15.9 Å². The molecule has 0 saturated heterocycles. The number of benzene rings is 2. The van der Waals surface area contributed by atoms with Gasteiger partial charge in [-0.1, -0.05) is 53.2 Å². The Balaban J connectivity index is 1.96. The lowest BCUT2D eigenvalue weighted by molar-refractivity contribution is -0.162. The van der Waals surface area contributed by atoms with Crippen LogP contribution in [0, 0.1) is 10.8 Å². The fourth-order valence-corrected chi connectivity index (χ4v) is 5.16. The molecule has 0 bridgehead atoms. The first kappa shape index (κ1) is 18.9. The van der Waals surface area contributed by atoms with Crippen LogP contribution in [0.2, 0.25) is 0 Å². The molecule has 1 fully saturated rings. The summed E-state index contributed by atoms with van der Waals surface area (Å²) in [4.78, 5) is 39.9. The topological polar surface area (TPSA) is 69.7 Å². The van der Waals surface area contributed by atoms with E-state index in [4.69, 9.17) is 9.47 Å². The Morgan fingerprint density at radius 3 is 2.50 bits per heavy atom. The Kier molecular flexibility index (Phi) is 4.42. The summed E-state index contributed by atoms with van der Waals surface area (Å²) < 4.78 is 11.6. The van der Waals surface area contributed by atoms with Crippen LogP contribution in [-0.4, -0.2) is 24.3 Å². The molecule has 0 amide bonds. The highest BCUT2D eigenvalue weighted by Gasteiger charge is 2.90. The number of hydrogen-bond donors (Lipinski definition) is 0. The third kappa shape index (κ3) is 2.21. The Morgan fingerprint density at radius 2 is 1.86 bits per heavy atom. The smallest absolute Gasteiger partial charge is 0.330 e. The summed E-state index contributed by atoms with van der Waals surface area (Å²) in [5, 5.41) is 0. The molecule has 6 heteroatoms. The van der Waals surface area contributed by atoms with E-state index in [-0.39, 0.29) is 12.4 Å². The van der Waals surface area contributed by atoms with Gasteiger partial charge in [0.15, 0.2) is 11.2 Å². The third-order valence-corrected chi connectivity index (χ3v) is 6.44. The lowest BCUT2D eigenvalue weighted by atomic mass is 9.83. The molecule has 1 heterocycles. The Labute approximate surface area is 171 Å². The van der Waals surface area contributed by atoms with Crippen molar-refractivity contribution < 1.29 is 23.9 Å². The van der Waals surface area contributed by atoms with E-state index in [1.54, 1.807) is 43.3 Å². The largest absolute Gasteiger partial charge is 0.465 e. The fraction of sp³-hybridized carbons (Fsp3) is 0.318. The molecule has 3 atom stereocenters. The quantitative estimate of drug-likeness (QED) is 0.299. The SMILES string of the molecule is CCOC(=O)C12C(=O)Oc3ccc(Br)cc3C1C2(CC)C(=O)c1ccccc1. The van der Waals surface area contributed by atoms with Crippen molar-refractivity contribution in [2.24, 2.45) is 10.8 Å². The first-order valence-electron chi connectivity index (χ1n) is 9.23. The maximum absolute atomic E-state index is 13.7. The Morgan fingerprint density at radius 1 is 1.14 bits per heavy atom. The van der Waals surface area contributed by atoms with Crippen LogP contribution in [0.5, 0.6) is 5.75 Å². The second-order valence-corrected chi connectivity index (χ2v) is 7.97. The van der Waals surface area contributed by atoms with E-state index in [0.717, 1.165) is 4.47 Å². The molecule has 1 saturated carbocycles. The minimum absolute atomic E-state index is 0.116. The summed E-state index contributed by atoms with van der Waals surface area (Å²) in [6, 6.07) is 14.0. The molecule has 0 aromatic heterocycles. The van der Waals surface area contributed by atoms with Crippen molar-refractivity contribution in [3.05, 3.63) is 64.1 Å². The number of fused-ring (bicyclic) bond motifs is 3. The predicted molar refractivity (Wildman–Crippen MR) is 105 cm³/mol. The minimum Gasteiger partial charge on any atom is -0.465 e. The first-order chi connectivity index (χ1) is 13.4. The van der Waals surface area contributed by atoms with E-state index in [0.29, 0.717) is 23.3 Å². The maximum atomic E-state index is 13.7. The first-order valence-corrected chi connectivity index (χ1v) is 10.0. The molecule has 0 radical (unpaired) electrons. The Bertz CT molecular complexity index is 986. The molecule has 1 aliphatic carbocycles. The second-order valence-electron chi connectivity index (χ2n) is 7.05. The summed E-state index contributed by atoms with van der Waals surface area (Å²) in [5.41, 5.74) is -1.75. The van der Waals surface area contributed by atoms with Crippen molar-refractivity contribution in [3.8, 4) is 5.75 Å².